The topological polar surface area (TPSA) is 95.5 Å². The maximum atomic E-state index is 12.9. The summed E-state index contributed by atoms with van der Waals surface area (Å²) in [5.41, 5.74) is 0.348. The van der Waals surface area contributed by atoms with Gasteiger partial charge in [0, 0.05) is 12.6 Å². The van der Waals surface area contributed by atoms with E-state index in [2.05, 4.69) is 10.6 Å². The summed E-state index contributed by atoms with van der Waals surface area (Å²) in [6.45, 7) is 3.35. The fraction of sp³-hybridized carbons (Fsp3) is 0.526. The number of carbonyl (C=O) groups is 3. The van der Waals surface area contributed by atoms with Crippen LogP contribution < -0.4 is 10.6 Å². The van der Waals surface area contributed by atoms with Gasteiger partial charge in [-0.3, -0.25) is 14.4 Å². The second kappa shape index (κ2) is 6.17. The van der Waals surface area contributed by atoms with E-state index in [0.29, 0.717) is 37.8 Å². The summed E-state index contributed by atoms with van der Waals surface area (Å²) in [6, 6.07) is 7.17. The van der Waals surface area contributed by atoms with Crippen LogP contribution in [-0.4, -0.2) is 22.9 Å². The molecule has 3 N–H and O–H groups in total. The number of nitrogens with one attached hydrogen (secondary N) is 2. The molecule has 6 nitrogen and oxygen atoms in total. The fourth-order valence-corrected chi connectivity index (χ4v) is 4.33. The van der Waals surface area contributed by atoms with Crippen LogP contribution in [0.2, 0.25) is 0 Å². The zero-order valence-electron chi connectivity index (χ0n) is 14.6. The van der Waals surface area contributed by atoms with Crippen molar-refractivity contribution in [1.29, 1.82) is 0 Å². The quantitative estimate of drug-likeness (QED) is 0.765. The summed E-state index contributed by atoms with van der Waals surface area (Å²) < 4.78 is 0. The average Bonchev–Trinajstić information content (AvgIpc) is 3.13. The van der Waals surface area contributed by atoms with Crippen molar-refractivity contribution < 1.29 is 19.5 Å². The van der Waals surface area contributed by atoms with Gasteiger partial charge in [0.15, 0.2) is 0 Å². The lowest BCUT2D eigenvalue weighted by Gasteiger charge is -2.27. The van der Waals surface area contributed by atoms with Crippen LogP contribution in [0.4, 0.5) is 5.69 Å². The molecule has 25 heavy (non-hydrogen) atoms. The molecule has 1 unspecified atom stereocenters. The van der Waals surface area contributed by atoms with Crippen molar-refractivity contribution in [3.63, 3.8) is 0 Å². The van der Waals surface area contributed by atoms with E-state index < -0.39 is 16.8 Å². The van der Waals surface area contributed by atoms with Crippen LogP contribution in [0.15, 0.2) is 24.3 Å². The van der Waals surface area contributed by atoms with Crippen molar-refractivity contribution in [2.75, 3.05) is 5.32 Å². The number of hydrogen-bond acceptors (Lipinski definition) is 3. The monoisotopic (exact) mass is 344 g/mol. The van der Waals surface area contributed by atoms with Gasteiger partial charge in [0.25, 0.3) is 0 Å². The van der Waals surface area contributed by atoms with Crippen LogP contribution in [0.5, 0.6) is 0 Å². The standard InChI is InChI=1S/C19H24N2O4/c1-12(14-4-3-5-15(10-14)21-13(2)22)20-16(23)18-6-8-19(11-18,9-7-18)17(24)25/h3-5,10,12H,6-9,11H2,1-2H3,(H,20,23)(H,21,22)(H,24,25). The normalized spacial score (nSPS) is 28.4. The van der Waals surface area contributed by atoms with Gasteiger partial charge < -0.3 is 15.7 Å². The summed E-state index contributed by atoms with van der Waals surface area (Å²) in [5, 5.41) is 15.3. The average molecular weight is 344 g/mol. The van der Waals surface area contributed by atoms with Crippen molar-refractivity contribution in [2.24, 2.45) is 10.8 Å². The molecule has 0 aromatic heterocycles. The molecule has 2 amide bonds. The first kappa shape index (κ1) is 17.5. The smallest absolute Gasteiger partial charge is 0.309 e. The second-order valence-electron chi connectivity index (χ2n) is 7.54. The van der Waals surface area contributed by atoms with E-state index in [9.17, 15) is 19.5 Å². The number of carboxylic acid groups (broad SMARTS) is 1. The van der Waals surface area contributed by atoms with E-state index >= 15 is 0 Å². The molecule has 0 heterocycles. The Labute approximate surface area is 147 Å². The van der Waals surface area contributed by atoms with E-state index in [-0.39, 0.29) is 17.9 Å². The predicted octanol–water partition coefficient (Wildman–Crippen LogP) is 2.86. The van der Waals surface area contributed by atoms with Gasteiger partial charge in [-0.2, -0.15) is 0 Å². The molecule has 2 saturated carbocycles. The number of amides is 2. The van der Waals surface area contributed by atoms with E-state index in [1.165, 1.54) is 6.92 Å². The molecule has 0 saturated heterocycles. The van der Waals surface area contributed by atoms with Crippen molar-refractivity contribution in [3.05, 3.63) is 29.8 Å². The summed E-state index contributed by atoms with van der Waals surface area (Å²) >= 11 is 0. The van der Waals surface area contributed by atoms with Crippen molar-refractivity contribution in [1.82, 2.24) is 5.32 Å². The highest BCUT2D eigenvalue weighted by molar-refractivity contribution is 5.89. The third-order valence-electron chi connectivity index (χ3n) is 5.83. The van der Waals surface area contributed by atoms with E-state index in [1.54, 1.807) is 6.07 Å². The van der Waals surface area contributed by atoms with Crippen molar-refractivity contribution >= 4 is 23.5 Å². The Balaban J connectivity index is 1.70. The molecule has 2 bridgehead atoms. The van der Waals surface area contributed by atoms with Crippen LogP contribution in [0.3, 0.4) is 0 Å². The summed E-state index contributed by atoms with van der Waals surface area (Å²) in [5.74, 6) is -0.962. The zero-order chi connectivity index (χ0) is 18.2. The number of aliphatic carboxylic acids is 1. The minimum atomic E-state index is -0.768. The fourth-order valence-electron chi connectivity index (χ4n) is 4.33. The maximum Gasteiger partial charge on any atom is 0.309 e. The molecule has 1 aromatic carbocycles. The number of carbonyl (C=O) groups excluding carboxylic acids is 2. The first-order chi connectivity index (χ1) is 11.8. The Bertz CT molecular complexity index is 720. The van der Waals surface area contributed by atoms with Gasteiger partial charge in [-0.05, 0) is 56.7 Å². The van der Waals surface area contributed by atoms with E-state index in [4.69, 9.17) is 0 Å². The number of carboxylic acids is 1. The first-order valence-electron chi connectivity index (χ1n) is 8.68. The molecule has 1 aromatic rings. The number of fused-ring (bicyclic) bond motifs is 2. The third-order valence-corrected chi connectivity index (χ3v) is 5.83. The van der Waals surface area contributed by atoms with Gasteiger partial charge in [-0.25, -0.2) is 0 Å². The summed E-state index contributed by atoms with van der Waals surface area (Å²) in [4.78, 5) is 35.6. The molecule has 134 valence electrons. The molecule has 2 aliphatic rings. The number of hydrogen-bond donors (Lipinski definition) is 3. The van der Waals surface area contributed by atoms with E-state index in [1.807, 2.05) is 25.1 Å². The van der Waals surface area contributed by atoms with E-state index in [0.717, 1.165) is 5.56 Å². The molecule has 1 atom stereocenters. The molecule has 3 rings (SSSR count). The SMILES string of the molecule is CC(=O)Nc1cccc(C(C)NC(=O)C23CCC(C(=O)O)(CC2)C3)c1. The molecule has 0 aliphatic heterocycles. The van der Waals surface area contributed by atoms with Gasteiger partial charge in [-0.15, -0.1) is 0 Å². The molecular weight excluding hydrogens is 320 g/mol. The van der Waals surface area contributed by atoms with Crippen LogP contribution >= 0.6 is 0 Å². The van der Waals surface area contributed by atoms with Gasteiger partial charge in [0.05, 0.1) is 16.9 Å². The van der Waals surface area contributed by atoms with Crippen molar-refractivity contribution in [3.8, 4) is 0 Å². The lowest BCUT2D eigenvalue weighted by atomic mass is 9.81. The lowest BCUT2D eigenvalue weighted by Crippen LogP contribution is -2.39. The predicted molar refractivity (Wildman–Crippen MR) is 92.9 cm³/mol. The molecule has 0 radical (unpaired) electrons. The van der Waals surface area contributed by atoms with Crippen LogP contribution in [0.1, 0.15) is 57.6 Å². The van der Waals surface area contributed by atoms with Gasteiger partial charge in [-0.1, -0.05) is 12.1 Å². The molecule has 6 heteroatoms. The number of benzene rings is 1. The van der Waals surface area contributed by atoms with Crippen LogP contribution in [0, 0.1) is 10.8 Å². The Morgan fingerprint density at radius 3 is 2.32 bits per heavy atom. The maximum absolute atomic E-state index is 12.9. The van der Waals surface area contributed by atoms with Gasteiger partial charge in [0.1, 0.15) is 0 Å². The van der Waals surface area contributed by atoms with Gasteiger partial charge >= 0.3 is 5.97 Å². The van der Waals surface area contributed by atoms with Gasteiger partial charge in [0.2, 0.25) is 11.8 Å². The number of anilines is 1. The molecule has 2 fully saturated rings. The van der Waals surface area contributed by atoms with Crippen LogP contribution in [-0.2, 0) is 14.4 Å². The molecule has 2 aliphatic carbocycles. The minimum Gasteiger partial charge on any atom is -0.481 e. The summed E-state index contributed by atoms with van der Waals surface area (Å²) in [7, 11) is 0. The largest absolute Gasteiger partial charge is 0.481 e. The van der Waals surface area contributed by atoms with Crippen molar-refractivity contribution in [2.45, 2.75) is 52.0 Å². The van der Waals surface area contributed by atoms with Crippen LogP contribution in [0.25, 0.3) is 0 Å². The number of rotatable bonds is 5. The Kier molecular flexibility index (Phi) is 4.31. The highest BCUT2D eigenvalue weighted by Crippen LogP contribution is 2.61. The molecule has 0 spiro atoms. The highest BCUT2D eigenvalue weighted by Gasteiger charge is 2.61. The first-order valence-corrected chi connectivity index (χ1v) is 8.68. The minimum absolute atomic E-state index is 0.0504. The zero-order valence-corrected chi connectivity index (χ0v) is 14.6. The third kappa shape index (κ3) is 3.13. The Hall–Kier alpha value is -2.37. The second-order valence-corrected chi connectivity index (χ2v) is 7.54. The molecular formula is C19H24N2O4. The summed E-state index contributed by atoms with van der Waals surface area (Å²) in [6.07, 6.45) is 2.90. The Morgan fingerprint density at radius 2 is 1.76 bits per heavy atom. The Morgan fingerprint density at radius 1 is 1.12 bits per heavy atom. The lowest BCUT2D eigenvalue weighted by molar-refractivity contribution is -0.148. The highest BCUT2D eigenvalue weighted by atomic mass is 16.4.